The molecule has 382 valence electrons. The quantitative estimate of drug-likeness (QED) is 0.0406. The molecule has 3 aliphatic heterocycles. The molecule has 18 nitrogen and oxygen atoms in total. The van der Waals surface area contributed by atoms with Crippen molar-refractivity contribution in [1.29, 1.82) is 0 Å². The molecule has 2 bridgehead atoms. The molecule has 1 saturated carbocycles. The number of rotatable bonds is 21. The number of hydrogen-bond acceptors (Lipinski definition) is 14. The lowest BCUT2D eigenvalue weighted by molar-refractivity contribution is -0.135. The van der Waals surface area contributed by atoms with Crippen molar-refractivity contribution < 1.29 is 47.6 Å². The van der Waals surface area contributed by atoms with E-state index in [9.17, 15) is 19.2 Å². The Balaban J connectivity index is 1.05. The Morgan fingerprint density at radius 2 is 1.45 bits per heavy atom. The maximum absolute atomic E-state index is 13.9. The number of benzene rings is 3. The number of aldehydes is 1. The van der Waals surface area contributed by atoms with Crippen LogP contribution < -0.4 is 30.7 Å². The van der Waals surface area contributed by atoms with Crippen LogP contribution in [-0.4, -0.2) is 142 Å². The molecular formula is C53H70N8O10. The fourth-order valence-electron chi connectivity index (χ4n) is 10.8. The van der Waals surface area contributed by atoms with Gasteiger partial charge in [-0.25, -0.2) is 14.6 Å². The predicted octanol–water partition coefficient (Wildman–Crippen LogP) is 7.47. The molecule has 4 aromatic rings. The molecule has 5 N–H and O–H groups in total. The van der Waals surface area contributed by atoms with Crippen LogP contribution in [0.3, 0.4) is 0 Å². The van der Waals surface area contributed by atoms with Crippen LogP contribution in [0.5, 0.6) is 11.5 Å². The summed E-state index contributed by atoms with van der Waals surface area (Å²) in [5, 5.41) is 12.9. The number of anilines is 2. The number of H-pyrrole nitrogens is 1. The Bertz CT molecular complexity index is 2520. The van der Waals surface area contributed by atoms with E-state index in [1.807, 2.05) is 50.9 Å². The molecule has 7 atom stereocenters. The van der Waals surface area contributed by atoms with E-state index in [0.717, 1.165) is 89.1 Å². The fourth-order valence-corrected chi connectivity index (χ4v) is 10.8. The smallest absolute Gasteiger partial charge is 0.407 e. The van der Waals surface area contributed by atoms with Crippen LogP contribution >= 0.6 is 0 Å². The molecule has 7 unspecified atom stereocenters. The summed E-state index contributed by atoms with van der Waals surface area (Å²) in [5.74, 6) is 1.93. The molecule has 3 amide bonds. The number of aromatic amines is 1. The third-order valence-corrected chi connectivity index (χ3v) is 14.8. The molecule has 4 aliphatic rings. The molecule has 3 fully saturated rings. The van der Waals surface area contributed by atoms with E-state index >= 15 is 0 Å². The second kappa shape index (κ2) is 22.4. The van der Waals surface area contributed by atoms with Crippen LogP contribution in [0.1, 0.15) is 71.7 Å². The minimum absolute atomic E-state index is 0.0329. The minimum Gasteiger partial charge on any atom is -0.487 e. The zero-order valence-electron chi connectivity index (χ0n) is 42.2. The van der Waals surface area contributed by atoms with Gasteiger partial charge in [-0.1, -0.05) is 58.0 Å². The summed E-state index contributed by atoms with van der Waals surface area (Å²) >= 11 is 0. The van der Waals surface area contributed by atoms with Gasteiger partial charge in [0.05, 0.1) is 62.8 Å². The first-order chi connectivity index (χ1) is 34.3. The number of hydrogen-bond donors (Lipinski definition) is 5. The zero-order valence-corrected chi connectivity index (χ0v) is 42.2. The second-order valence-corrected chi connectivity index (χ2v) is 19.7. The number of likely N-dealkylation sites (tertiary alicyclic amines) is 2. The molecule has 0 spiro atoms. The Morgan fingerprint density at radius 3 is 2.08 bits per heavy atom. The van der Waals surface area contributed by atoms with Crippen molar-refractivity contribution in [2.75, 3.05) is 78.6 Å². The van der Waals surface area contributed by atoms with Gasteiger partial charge >= 0.3 is 12.2 Å². The van der Waals surface area contributed by atoms with Crippen molar-refractivity contribution in [2.24, 2.45) is 17.8 Å². The van der Waals surface area contributed by atoms with Gasteiger partial charge in [0.15, 0.2) is 11.5 Å². The molecule has 0 radical (unpaired) electrons. The number of carbonyl (C=O) groups is 4. The van der Waals surface area contributed by atoms with Crippen LogP contribution in [0.4, 0.5) is 21.0 Å². The summed E-state index contributed by atoms with van der Waals surface area (Å²) in [4.78, 5) is 64.0. The normalized spacial score (nSPS) is 21.5. The third-order valence-electron chi connectivity index (χ3n) is 14.8. The van der Waals surface area contributed by atoms with E-state index in [2.05, 4.69) is 73.6 Å². The first-order valence-corrected chi connectivity index (χ1v) is 24.8. The van der Waals surface area contributed by atoms with Gasteiger partial charge in [-0.05, 0) is 90.8 Å². The highest BCUT2D eigenvalue weighted by molar-refractivity contribution is 5.89. The highest BCUT2D eigenvalue weighted by atomic mass is 16.6. The summed E-state index contributed by atoms with van der Waals surface area (Å²) < 4.78 is 33.7. The van der Waals surface area contributed by atoms with Gasteiger partial charge < -0.3 is 64.4 Å². The summed E-state index contributed by atoms with van der Waals surface area (Å²) in [6.07, 6.45) is 5.98. The molecule has 4 heterocycles. The van der Waals surface area contributed by atoms with Crippen LogP contribution in [0.25, 0.3) is 33.5 Å². The molecule has 8 rings (SSSR count). The molecule has 1 aromatic heterocycles. The highest BCUT2D eigenvalue weighted by Gasteiger charge is 2.51. The Morgan fingerprint density at radius 1 is 0.803 bits per heavy atom. The second-order valence-electron chi connectivity index (χ2n) is 19.7. The van der Waals surface area contributed by atoms with E-state index in [1.165, 1.54) is 14.2 Å². The lowest BCUT2D eigenvalue weighted by Crippen LogP contribution is -2.61. The Labute approximate surface area is 416 Å². The SMILES string of the molecule is COCCOc1c(-c2ccc(-c3cnc(C4C5CCC(C5)N4CC(C=O)(NC(=O)OC)C(C)C)[nH]3)cc2)ccc(-c2ccc3c(c2)NC(C2CCCN2C(=O)C(NC(=O)OC)C(C)C)N3)c1OCCOC. The van der Waals surface area contributed by atoms with E-state index in [-0.39, 0.29) is 55.2 Å². The number of fused-ring (bicyclic) bond motifs is 3. The van der Waals surface area contributed by atoms with Crippen LogP contribution in [0, 0.1) is 17.8 Å². The molecular weight excluding hydrogens is 909 g/mol. The van der Waals surface area contributed by atoms with Gasteiger partial charge in [-0.3, -0.25) is 9.69 Å². The first-order valence-electron chi connectivity index (χ1n) is 24.8. The van der Waals surface area contributed by atoms with Gasteiger partial charge in [-0.2, -0.15) is 0 Å². The number of alkyl carbamates (subject to hydrolysis) is 2. The molecule has 2 saturated heterocycles. The maximum Gasteiger partial charge on any atom is 0.407 e. The van der Waals surface area contributed by atoms with Crippen molar-refractivity contribution in [3.8, 4) is 45.0 Å². The maximum atomic E-state index is 13.9. The number of aromatic nitrogens is 2. The van der Waals surface area contributed by atoms with Gasteiger partial charge in [0.2, 0.25) is 5.91 Å². The lowest BCUT2D eigenvalue weighted by Gasteiger charge is -2.42. The largest absolute Gasteiger partial charge is 0.487 e. The monoisotopic (exact) mass is 979 g/mol. The number of piperidine rings is 1. The first kappa shape index (κ1) is 51.0. The minimum atomic E-state index is -1.12. The van der Waals surface area contributed by atoms with Crippen molar-refractivity contribution in [1.82, 2.24) is 30.4 Å². The summed E-state index contributed by atoms with van der Waals surface area (Å²) in [6, 6.07) is 17.9. The van der Waals surface area contributed by atoms with Gasteiger partial charge in [-0.15, -0.1) is 0 Å². The van der Waals surface area contributed by atoms with Crippen LogP contribution in [0.15, 0.2) is 60.8 Å². The van der Waals surface area contributed by atoms with Crippen molar-refractivity contribution in [3.05, 3.63) is 66.6 Å². The van der Waals surface area contributed by atoms with Crippen molar-refractivity contribution >= 4 is 35.8 Å². The number of ether oxygens (including phenoxy) is 6. The van der Waals surface area contributed by atoms with Gasteiger partial charge in [0.1, 0.15) is 43.1 Å². The lowest BCUT2D eigenvalue weighted by atomic mass is 9.85. The third kappa shape index (κ3) is 10.7. The average molecular weight is 979 g/mol. The number of nitrogens with zero attached hydrogens (tertiary/aromatic N) is 3. The molecule has 3 aromatic carbocycles. The zero-order chi connectivity index (χ0) is 50.4. The van der Waals surface area contributed by atoms with Gasteiger partial charge in [0.25, 0.3) is 0 Å². The van der Waals surface area contributed by atoms with E-state index in [0.29, 0.717) is 43.7 Å². The standard InChI is InChI=1S/C53H70N8O10/c1-31(2)44(58-51(64)68-7)50(63)60-21-9-10-43(60)48-55-40-20-16-35(27-41(40)56-48)39-19-18-38(46(70-24-22-66-5)47(39)71-25-23-67-6)33-11-13-34(14-12-33)42-28-54-49(57-42)45-36-15-17-37(26-36)61(45)29-53(30-62,32(3)4)59-52(65)69-8/h11-14,16,18-20,27-28,30-32,36-37,43-45,48,55-56H,9-10,15,17,21-26,29H2,1-8H3,(H,54,57)(H,58,64)(H,59,65). The number of nitrogens with one attached hydrogen (secondary N) is 5. The van der Waals surface area contributed by atoms with E-state index in [1.54, 1.807) is 14.2 Å². The number of carbonyl (C=O) groups excluding carboxylic acids is 4. The topological polar surface area (TPSA) is 207 Å². The summed E-state index contributed by atoms with van der Waals surface area (Å²) in [6.45, 7) is 9.94. The summed E-state index contributed by atoms with van der Waals surface area (Å²) in [7, 11) is 5.88. The average Bonchev–Trinajstić information content (AvgIpc) is 4.25. The van der Waals surface area contributed by atoms with Crippen LogP contribution in [-0.2, 0) is 28.5 Å². The number of methoxy groups -OCH3 is 4. The van der Waals surface area contributed by atoms with E-state index in [4.69, 9.17) is 33.4 Å². The predicted molar refractivity (Wildman–Crippen MR) is 269 cm³/mol. The molecule has 18 heteroatoms. The highest BCUT2D eigenvalue weighted by Crippen LogP contribution is 2.51. The number of amides is 3. The Hall–Kier alpha value is -6.37. The van der Waals surface area contributed by atoms with Crippen LogP contribution in [0.2, 0.25) is 0 Å². The van der Waals surface area contributed by atoms with Crippen molar-refractivity contribution in [2.45, 2.75) is 95.7 Å². The summed E-state index contributed by atoms with van der Waals surface area (Å²) in [5.41, 5.74) is 5.99. The molecule has 71 heavy (non-hydrogen) atoms. The van der Waals surface area contributed by atoms with Gasteiger partial charge in [0, 0.05) is 44.5 Å². The van der Waals surface area contributed by atoms with Crippen molar-refractivity contribution in [3.63, 3.8) is 0 Å². The number of imidazole rings is 1. The fraction of sp³-hybridized carbons (Fsp3) is 0.528. The molecule has 1 aliphatic carbocycles. The Kier molecular flexibility index (Phi) is 16.1. The van der Waals surface area contributed by atoms with E-state index < -0.39 is 23.8 Å².